The lowest BCUT2D eigenvalue weighted by atomic mass is 10.2. The first kappa shape index (κ1) is 14.0. The summed E-state index contributed by atoms with van der Waals surface area (Å²) in [6, 6.07) is 11.6. The minimum atomic E-state index is 0.307. The summed E-state index contributed by atoms with van der Waals surface area (Å²) in [5.74, 6) is 1.32. The van der Waals surface area contributed by atoms with E-state index < -0.39 is 0 Å². The molecule has 1 heterocycles. The molecule has 0 aliphatic rings. The van der Waals surface area contributed by atoms with Gasteiger partial charge in [0.05, 0.1) is 0 Å². The number of rotatable bonds is 6. The normalized spacial score (nSPS) is 10.8. The van der Waals surface area contributed by atoms with Gasteiger partial charge >= 0.3 is 0 Å². The molecule has 2 aromatic rings. The Kier molecular flexibility index (Phi) is 5.08. The summed E-state index contributed by atoms with van der Waals surface area (Å²) in [4.78, 5) is 8.24. The van der Waals surface area contributed by atoms with Crippen molar-refractivity contribution in [3.05, 3.63) is 53.9 Å². The summed E-state index contributed by atoms with van der Waals surface area (Å²) >= 11 is 0. The van der Waals surface area contributed by atoms with Crippen molar-refractivity contribution < 1.29 is 9.47 Å². The molecule has 0 fully saturated rings. The number of methoxy groups -OCH3 is 1. The van der Waals surface area contributed by atoms with Gasteiger partial charge in [-0.25, -0.2) is 4.98 Å². The van der Waals surface area contributed by atoms with Gasteiger partial charge in [0.2, 0.25) is 5.88 Å². The van der Waals surface area contributed by atoms with Crippen molar-refractivity contribution in [3.8, 4) is 5.88 Å². The SMILES string of the molecule is COCc1nc(N)cc(OC/C=C/c2ccccc2)n1. The van der Waals surface area contributed by atoms with Crippen LogP contribution in [0, 0.1) is 0 Å². The molecule has 5 heteroatoms. The Morgan fingerprint density at radius 2 is 2.00 bits per heavy atom. The van der Waals surface area contributed by atoms with Crippen molar-refractivity contribution in [2.75, 3.05) is 19.5 Å². The van der Waals surface area contributed by atoms with Gasteiger partial charge in [-0.1, -0.05) is 36.4 Å². The second-order valence-corrected chi connectivity index (χ2v) is 4.10. The molecule has 20 heavy (non-hydrogen) atoms. The monoisotopic (exact) mass is 271 g/mol. The first-order chi connectivity index (χ1) is 9.78. The van der Waals surface area contributed by atoms with Crippen LogP contribution in [0.5, 0.6) is 5.88 Å². The van der Waals surface area contributed by atoms with Crippen molar-refractivity contribution in [3.63, 3.8) is 0 Å². The van der Waals surface area contributed by atoms with Crippen LogP contribution >= 0.6 is 0 Å². The third-order valence-corrected chi connectivity index (χ3v) is 2.48. The van der Waals surface area contributed by atoms with E-state index >= 15 is 0 Å². The number of nitrogen functional groups attached to an aromatic ring is 1. The summed E-state index contributed by atoms with van der Waals surface area (Å²) < 4.78 is 10.5. The van der Waals surface area contributed by atoms with Gasteiger partial charge in [0, 0.05) is 13.2 Å². The van der Waals surface area contributed by atoms with E-state index in [1.807, 2.05) is 42.5 Å². The Bertz CT molecular complexity index is 571. The Morgan fingerprint density at radius 3 is 2.75 bits per heavy atom. The molecule has 2 rings (SSSR count). The maximum Gasteiger partial charge on any atom is 0.219 e. The standard InChI is InChI=1S/C15H17N3O2/c1-19-11-14-17-13(16)10-15(18-14)20-9-5-8-12-6-3-2-4-7-12/h2-8,10H,9,11H2,1H3,(H2,16,17,18)/b8-5+. The number of aromatic nitrogens is 2. The Hall–Kier alpha value is -2.40. The zero-order valence-corrected chi connectivity index (χ0v) is 11.3. The largest absolute Gasteiger partial charge is 0.473 e. The van der Waals surface area contributed by atoms with Crippen molar-refractivity contribution >= 4 is 11.9 Å². The summed E-state index contributed by atoms with van der Waals surface area (Å²) in [5, 5.41) is 0. The summed E-state index contributed by atoms with van der Waals surface area (Å²) in [7, 11) is 1.58. The van der Waals surface area contributed by atoms with Crippen molar-refractivity contribution in [1.82, 2.24) is 9.97 Å². The van der Waals surface area contributed by atoms with Crippen LogP contribution in [0.1, 0.15) is 11.4 Å². The predicted octanol–water partition coefficient (Wildman–Crippen LogP) is 2.30. The van der Waals surface area contributed by atoms with Crippen molar-refractivity contribution in [2.24, 2.45) is 0 Å². The first-order valence-corrected chi connectivity index (χ1v) is 6.24. The highest BCUT2D eigenvalue weighted by molar-refractivity contribution is 5.48. The third-order valence-electron chi connectivity index (χ3n) is 2.48. The van der Waals surface area contributed by atoms with Gasteiger partial charge in [-0.05, 0) is 11.6 Å². The van der Waals surface area contributed by atoms with E-state index in [0.29, 0.717) is 30.7 Å². The summed E-state index contributed by atoms with van der Waals surface area (Å²) in [6.07, 6.45) is 3.91. The zero-order chi connectivity index (χ0) is 14.2. The van der Waals surface area contributed by atoms with Gasteiger partial charge in [0.1, 0.15) is 19.0 Å². The molecule has 0 atom stereocenters. The van der Waals surface area contributed by atoms with Gasteiger partial charge < -0.3 is 15.2 Å². The van der Waals surface area contributed by atoms with Crippen LogP contribution in [0.2, 0.25) is 0 Å². The lowest BCUT2D eigenvalue weighted by Crippen LogP contribution is -2.04. The predicted molar refractivity (Wildman–Crippen MR) is 78.1 cm³/mol. The number of ether oxygens (including phenoxy) is 2. The summed E-state index contributed by atoms with van der Waals surface area (Å²) in [5.41, 5.74) is 6.80. The first-order valence-electron chi connectivity index (χ1n) is 6.24. The quantitative estimate of drug-likeness (QED) is 0.873. The topological polar surface area (TPSA) is 70.3 Å². The molecule has 0 bridgehead atoms. The van der Waals surface area contributed by atoms with E-state index in [1.165, 1.54) is 0 Å². The molecule has 0 saturated heterocycles. The number of anilines is 1. The Labute approximate surface area is 118 Å². The van der Waals surface area contributed by atoms with Gasteiger partial charge in [-0.3, -0.25) is 0 Å². The molecule has 0 aliphatic heterocycles. The minimum absolute atomic E-state index is 0.307. The molecule has 0 radical (unpaired) electrons. The van der Waals surface area contributed by atoms with Crippen LogP contribution in [-0.2, 0) is 11.3 Å². The smallest absolute Gasteiger partial charge is 0.219 e. The molecule has 0 spiro atoms. The molecule has 0 saturated carbocycles. The molecule has 5 nitrogen and oxygen atoms in total. The van der Waals surface area contributed by atoms with Crippen molar-refractivity contribution in [2.45, 2.75) is 6.61 Å². The zero-order valence-electron chi connectivity index (χ0n) is 11.3. The van der Waals surface area contributed by atoms with Gasteiger partial charge in [0.15, 0.2) is 5.82 Å². The van der Waals surface area contributed by atoms with Gasteiger partial charge in [-0.2, -0.15) is 4.98 Å². The molecule has 1 aromatic heterocycles. The lowest BCUT2D eigenvalue weighted by Gasteiger charge is -2.05. The van der Waals surface area contributed by atoms with E-state index in [1.54, 1.807) is 13.2 Å². The maximum absolute atomic E-state index is 5.68. The van der Waals surface area contributed by atoms with Gasteiger partial charge in [0.25, 0.3) is 0 Å². The Morgan fingerprint density at radius 1 is 1.20 bits per heavy atom. The highest BCUT2D eigenvalue weighted by Crippen LogP contribution is 2.11. The van der Waals surface area contributed by atoms with Gasteiger partial charge in [-0.15, -0.1) is 0 Å². The fourth-order valence-corrected chi connectivity index (χ4v) is 1.64. The number of nitrogens with zero attached hydrogens (tertiary/aromatic N) is 2. The molecule has 2 N–H and O–H groups in total. The van der Waals surface area contributed by atoms with E-state index in [2.05, 4.69) is 9.97 Å². The van der Waals surface area contributed by atoms with E-state index in [4.69, 9.17) is 15.2 Å². The number of benzene rings is 1. The Balaban J connectivity index is 1.92. The average molecular weight is 271 g/mol. The average Bonchev–Trinajstić information content (AvgIpc) is 2.45. The fourth-order valence-electron chi connectivity index (χ4n) is 1.64. The van der Waals surface area contributed by atoms with E-state index in [-0.39, 0.29) is 0 Å². The highest BCUT2D eigenvalue weighted by Gasteiger charge is 2.02. The van der Waals surface area contributed by atoms with E-state index in [0.717, 1.165) is 5.56 Å². The van der Waals surface area contributed by atoms with E-state index in [9.17, 15) is 0 Å². The molecular weight excluding hydrogens is 254 g/mol. The second kappa shape index (κ2) is 7.25. The van der Waals surface area contributed by atoms with Crippen LogP contribution in [0.15, 0.2) is 42.5 Å². The van der Waals surface area contributed by atoms with Crippen LogP contribution in [0.25, 0.3) is 6.08 Å². The molecular formula is C15H17N3O2. The van der Waals surface area contributed by atoms with Crippen LogP contribution in [0.3, 0.4) is 0 Å². The molecule has 1 aromatic carbocycles. The minimum Gasteiger partial charge on any atom is -0.473 e. The molecule has 0 unspecified atom stereocenters. The van der Waals surface area contributed by atoms with Crippen molar-refractivity contribution in [1.29, 1.82) is 0 Å². The maximum atomic E-state index is 5.68. The second-order valence-electron chi connectivity index (χ2n) is 4.10. The third kappa shape index (κ3) is 4.37. The van der Waals surface area contributed by atoms with Crippen LogP contribution in [-0.4, -0.2) is 23.7 Å². The number of hydrogen-bond acceptors (Lipinski definition) is 5. The molecule has 0 amide bonds. The summed E-state index contributed by atoms with van der Waals surface area (Å²) in [6.45, 7) is 0.721. The highest BCUT2D eigenvalue weighted by atomic mass is 16.5. The fraction of sp³-hybridized carbons (Fsp3) is 0.200. The van der Waals surface area contributed by atoms with Crippen LogP contribution < -0.4 is 10.5 Å². The van der Waals surface area contributed by atoms with Crippen LogP contribution in [0.4, 0.5) is 5.82 Å². The number of nitrogens with two attached hydrogens (primary N) is 1. The molecule has 0 aliphatic carbocycles. The lowest BCUT2D eigenvalue weighted by molar-refractivity contribution is 0.176. The molecule has 104 valence electrons. The number of hydrogen-bond donors (Lipinski definition) is 1.